The molecule has 0 unspecified atom stereocenters. The lowest BCUT2D eigenvalue weighted by Gasteiger charge is -2.18. The highest BCUT2D eigenvalue weighted by atomic mass is 16.5. The van der Waals surface area contributed by atoms with Gasteiger partial charge in [-0.15, -0.1) is 0 Å². The zero-order valence-electron chi connectivity index (χ0n) is 9.03. The van der Waals surface area contributed by atoms with Crippen molar-refractivity contribution in [3.63, 3.8) is 0 Å². The summed E-state index contributed by atoms with van der Waals surface area (Å²) in [6.45, 7) is 6.85. The molecule has 0 fully saturated rings. The number of carbonyl (C=O) groups is 2. The van der Waals surface area contributed by atoms with E-state index in [0.29, 0.717) is 6.61 Å². The highest BCUT2D eigenvalue weighted by Gasteiger charge is 2.26. The van der Waals surface area contributed by atoms with Gasteiger partial charge >= 0.3 is 11.9 Å². The molecule has 0 aromatic carbocycles. The Balaban J connectivity index is 0. The quantitative estimate of drug-likeness (QED) is 0.725. The molecular weight excluding hydrogens is 188 g/mol. The van der Waals surface area contributed by atoms with Crippen molar-refractivity contribution in [3.8, 4) is 0 Å². The maximum Gasteiger partial charge on any atom is 0.335 e. The summed E-state index contributed by atoms with van der Waals surface area (Å²) in [4.78, 5) is 19.7. The molecule has 0 amide bonds. The molecule has 5 nitrogen and oxygen atoms in total. The molecule has 5 heteroatoms. The summed E-state index contributed by atoms with van der Waals surface area (Å²) in [6.07, 6.45) is 0.222. The van der Waals surface area contributed by atoms with E-state index in [-0.39, 0.29) is 6.42 Å². The van der Waals surface area contributed by atoms with Crippen LogP contribution in [0.5, 0.6) is 0 Å². The second-order valence-corrected chi connectivity index (χ2v) is 3.00. The van der Waals surface area contributed by atoms with Gasteiger partial charge in [0, 0.05) is 13.0 Å². The molecule has 0 saturated heterocycles. The van der Waals surface area contributed by atoms with Crippen LogP contribution in [0, 0.1) is 0 Å². The van der Waals surface area contributed by atoms with E-state index in [1.54, 1.807) is 13.8 Å². The number of aliphatic carboxylic acids is 2. The SMILES string of the molecule is CCC(=O)O.CCOC(C)(C)C(=O)O. The summed E-state index contributed by atoms with van der Waals surface area (Å²) in [7, 11) is 0. The minimum Gasteiger partial charge on any atom is -0.481 e. The first kappa shape index (κ1) is 15.4. The van der Waals surface area contributed by atoms with Crippen LogP contribution >= 0.6 is 0 Å². The second-order valence-electron chi connectivity index (χ2n) is 3.00. The summed E-state index contributed by atoms with van der Waals surface area (Å²) in [5, 5.41) is 16.2. The van der Waals surface area contributed by atoms with E-state index in [4.69, 9.17) is 14.9 Å². The molecule has 0 radical (unpaired) electrons. The van der Waals surface area contributed by atoms with Crippen LogP contribution in [0.3, 0.4) is 0 Å². The molecule has 0 rings (SSSR count). The van der Waals surface area contributed by atoms with E-state index in [1.807, 2.05) is 0 Å². The van der Waals surface area contributed by atoms with Crippen LogP contribution in [-0.4, -0.2) is 34.4 Å². The normalized spacial score (nSPS) is 10.0. The lowest BCUT2D eigenvalue weighted by molar-refractivity contribution is -0.160. The van der Waals surface area contributed by atoms with E-state index in [0.717, 1.165) is 0 Å². The fourth-order valence-corrected chi connectivity index (χ4v) is 0.423. The van der Waals surface area contributed by atoms with Crippen LogP contribution in [0.2, 0.25) is 0 Å². The molecule has 84 valence electrons. The number of rotatable bonds is 4. The summed E-state index contributed by atoms with van der Waals surface area (Å²) >= 11 is 0. The monoisotopic (exact) mass is 206 g/mol. The van der Waals surface area contributed by atoms with E-state index < -0.39 is 17.5 Å². The molecule has 0 atom stereocenters. The zero-order valence-corrected chi connectivity index (χ0v) is 9.03. The lowest BCUT2D eigenvalue weighted by Crippen LogP contribution is -2.34. The highest BCUT2D eigenvalue weighted by Crippen LogP contribution is 2.07. The van der Waals surface area contributed by atoms with Gasteiger partial charge in [-0.25, -0.2) is 4.79 Å². The molecule has 0 saturated carbocycles. The predicted molar refractivity (Wildman–Crippen MR) is 51.3 cm³/mol. The Kier molecular flexibility index (Phi) is 8.04. The van der Waals surface area contributed by atoms with Crippen molar-refractivity contribution in [2.24, 2.45) is 0 Å². The van der Waals surface area contributed by atoms with Crippen molar-refractivity contribution in [1.82, 2.24) is 0 Å². The Morgan fingerprint density at radius 1 is 1.21 bits per heavy atom. The van der Waals surface area contributed by atoms with E-state index in [1.165, 1.54) is 13.8 Å². The number of ether oxygens (including phenoxy) is 1. The average molecular weight is 206 g/mol. The van der Waals surface area contributed by atoms with Gasteiger partial charge in [-0.05, 0) is 20.8 Å². The fraction of sp³-hybridized carbons (Fsp3) is 0.778. The Morgan fingerprint density at radius 2 is 1.57 bits per heavy atom. The number of carboxylic acids is 2. The molecule has 14 heavy (non-hydrogen) atoms. The Hall–Kier alpha value is -1.10. The van der Waals surface area contributed by atoms with Gasteiger partial charge in [0.1, 0.15) is 0 Å². The topological polar surface area (TPSA) is 83.8 Å². The smallest absolute Gasteiger partial charge is 0.335 e. The fourth-order valence-electron chi connectivity index (χ4n) is 0.423. The first-order chi connectivity index (χ1) is 6.27. The Bertz CT molecular complexity index is 186. The maximum absolute atomic E-state index is 10.3. The molecule has 2 N–H and O–H groups in total. The largest absolute Gasteiger partial charge is 0.481 e. The molecule has 0 bridgehead atoms. The van der Waals surface area contributed by atoms with Crippen LogP contribution in [0.4, 0.5) is 0 Å². The number of hydrogen-bond acceptors (Lipinski definition) is 3. The first-order valence-corrected chi connectivity index (χ1v) is 4.37. The van der Waals surface area contributed by atoms with Crippen LogP contribution in [0.25, 0.3) is 0 Å². The third-order valence-corrected chi connectivity index (χ3v) is 1.32. The molecule has 0 aliphatic rings. The standard InChI is InChI=1S/C6H12O3.C3H6O2/c1-4-9-6(2,3)5(7)8;1-2-3(4)5/h4H2,1-3H3,(H,7,8);2H2,1H3,(H,4,5). The second kappa shape index (κ2) is 7.32. The lowest BCUT2D eigenvalue weighted by atomic mass is 10.1. The van der Waals surface area contributed by atoms with Gasteiger partial charge < -0.3 is 14.9 Å². The predicted octanol–water partition coefficient (Wildman–Crippen LogP) is 1.37. The number of carboxylic acid groups (broad SMARTS) is 2. The summed E-state index contributed by atoms with van der Waals surface area (Å²) in [5.41, 5.74) is -1.03. The van der Waals surface area contributed by atoms with E-state index >= 15 is 0 Å². The van der Waals surface area contributed by atoms with Gasteiger partial charge in [-0.3, -0.25) is 4.79 Å². The van der Waals surface area contributed by atoms with Gasteiger partial charge in [-0.2, -0.15) is 0 Å². The minimum absolute atomic E-state index is 0.222. The molecule has 0 spiro atoms. The third kappa shape index (κ3) is 8.99. The van der Waals surface area contributed by atoms with Crippen LogP contribution < -0.4 is 0 Å². The molecular formula is C9H18O5. The first-order valence-electron chi connectivity index (χ1n) is 4.37. The van der Waals surface area contributed by atoms with Gasteiger partial charge in [0.15, 0.2) is 5.60 Å². The average Bonchev–Trinajstić information content (AvgIpc) is 2.05. The van der Waals surface area contributed by atoms with Gasteiger partial charge in [0.25, 0.3) is 0 Å². The molecule has 0 heterocycles. The van der Waals surface area contributed by atoms with E-state index in [2.05, 4.69) is 0 Å². The molecule has 0 aliphatic heterocycles. The van der Waals surface area contributed by atoms with Crippen molar-refractivity contribution in [3.05, 3.63) is 0 Å². The maximum atomic E-state index is 10.3. The van der Waals surface area contributed by atoms with Crippen molar-refractivity contribution in [2.45, 2.75) is 39.7 Å². The van der Waals surface area contributed by atoms with Crippen molar-refractivity contribution >= 4 is 11.9 Å². The zero-order chi connectivity index (χ0) is 11.8. The van der Waals surface area contributed by atoms with Crippen molar-refractivity contribution in [2.75, 3.05) is 6.61 Å². The molecule has 0 aromatic heterocycles. The van der Waals surface area contributed by atoms with E-state index in [9.17, 15) is 9.59 Å². The van der Waals surface area contributed by atoms with Gasteiger partial charge in [0.05, 0.1) is 0 Å². The molecule has 0 aromatic rings. The summed E-state index contributed by atoms with van der Waals surface area (Å²) in [5.74, 6) is -1.67. The minimum atomic E-state index is -1.03. The van der Waals surface area contributed by atoms with Crippen molar-refractivity contribution < 1.29 is 24.5 Å². The van der Waals surface area contributed by atoms with Crippen LogP contribution in [0.1, 0.15) is 34.1 Å². The van der Waals surface area contributed by atoms with Crippen molar-refractivity contribution in [1.29, 1.82) is 0 Å². The third-order valence-electron chi connectivity index (χ3n) is 1.32. The Labute approximate surface area is 83.7 Å². The summed E-state index contributed by atoms with van der Waals surface area (Å²) < 4.78 is 4.89. The highest BCUT2D eigenvalue weighted by molar-refractivity contribution is 5.76. The summed E-state index contributed by atoms with van der Waals surface area (Å²) in [6, 6.07) is 0. The Morgan fingerprint density at radius 3 is 1.64 bits per heavy atom. The number of hydrogen-bond donors (Lipinski definition) is 2. The van der Waals surface area contributed by atoms with Crippen LogP contribution in [-0.2, 0) is 14.3 Å². The van der Waals surface area contributed by atoms with Gasteiger partial charge in [-0.1, -0.05) is 6.92 Å². The van der Waals surface area contributed by atoms with Gasteiger partial charge in [0.2, 0.25) is 0 Å². The van der Waals surface area contributed by atoms with Crippen LogP contribution in [0.15, 0.2) is 0 Å². The molecule has 0 aliphatic carbocycles.